The van der Waals surface area contributed by atoms with Crippen molar-refractivity contribution in [1.29, 1.82) is 5.26 Å². The van der Waals surface area contributed by atoms with E-state index in [9.17, 15) is 0 Å². The third kappa shape index (κ3) is 4.14. The minimum atomic E-state index is 0.300. The molecule has 0 aliphatic heterocycles. The van der Waals surface area contributed by atoms with E-state index < -0.39 is 0 Å². The van der Waals surface area contributed by atoms with Crippen LogP contribution in [0.2, 0.25) is 0 Å². The smallest absolute Gasteiger partial charge is 0.158 e. The number of nitriles is 1. The van der Waals surface area contributed by atoms with Gasteiger partial charge in [0.25, 0.3) is 0 Å². The SMILES string of the molecule is COCc1nc(NN)cc(NCc2cccc(C#N)c2)n1. The van der Waals surface area contributed by atoms with Crippen molar-refractivity contribution in [3.63, 3.8) is 0 Å². The molecule has 7 nitrogen and oxygen atoms in total. The number of ether oxygens (including phenoxy) is 1. The number of rotatable bonds is 6. The number of nitrogens with zero attached hydrogens (tertiary/aromatic N) is 3. The standard InChI is InChI=1S/C14H16N6O/c1-21-9-14-18-12(6-13(19-14)20-16)17-8-11-4-2-3-10(5-11)7-15/h2-6H,8-9,16H2,1H3,(H2,17,18,19,20). The number of benzene rings is 1. The minimum absolute atomic E-state index is 0.300. The summed E-state index contributed by atoms with van der Waals surface area (Å²) in [6.07, 6.45) is 0. The summed E-state index contributed by atoms with van der Waals surface area (Å²) in [5.41, 5.74) is 4.11. The fraction of sp³-hybridized carbons (Fsp3) is 0.214. The van der Waals surface area contributed by atoms with Gasteiger partial charge in [-0.05, 0) is 17.7 Å². The minimum Gasteiger partial charge on any atom is -0.377 e. The zero-order valence-electron chi connectivity index (χ0n) is 11.6. The molecule has 0 saturated carbocycles. The van der Waals surface area contributed by atoms with E-state index in [2.05, 4.69) is 26.8 Å². The number of nitrogens with two attached hydrogens (primary N) is 1. The highest BCUT2D eigenvalue weighted by Crippen LogP contribution is 2.13. The summed E-state index contributed by atoms with van der Waals surface area (Å²) in [7, 11) is 1.58. The molecule has 0 saturated heterocycles. The van der Waals surface area contributed by atoms with Crippen molar-refractivity contribution in [2.75, 3.05) is 17.9 Å². The number of aromatic nitrogens is 2. The van der Waals surface area contributed by atoms with Gasteiger partial charge in [0.2, 0.25) is 0 Å². The van der Waals surface area contributed by atoms with Gasteiger partial charge in [-0.1, -0.05) is 12.1 Å². The highest BCUT2D eigenvalue weighted by Gasteiger charge is 2.04. The molecule has 1 aromatic heterocycles. The summed E-state index contributed by atoms with van der Waals surface area (Å²) >= 11 is 0. The second-order valence-electron chi connectivity index (χ2n) is 4.30. The van der Waals surface area contributed by atoms with E-state index in [1.54, 1.807) is 19.2 Å². The lowest BCUT2D eigenvalue weighted by Crippen LogP contribution is -2.12. The maximum absolute atomic E-state index is 8.88. The molecule has 0 bridgehead atoms. The average Bonchev–Trinajstić information content (AvgIpc) is 2.53. The van der Waals surface area contributed by atoms with Gasteiger partial charge in [0, 0.05) is 19.7 Å². The fourth-order valence-corrected chi connectivity index (χ4v) is 1.80. The first-order valence-corrected chi connectivity index (χ1v) is 6.31. The number of nitrogens with one attached hydrogen (secondary N) is 2. The number of hydrogen-bond acceptors (Lipinski definition) is 7. The van der Waals surface area contributed by atoms with E-state index in [1.165, 1.54) is 0 Å². The van der Waals surface area contributed by atoms with Crippen LogP contribution in [0.1, 0.15) is 17.0 Å². The lowest BCUT2D eigenvalue weighted by molar-refractivity contribution is 0.178. The molecule has 4 N–H and O–H groups in total. The first-order valence-electron chi connectivity index (χ1n) is 6.31. The van der Waals surface area contributed by atoms with E-state index in [0.717, 1.165) is 5.56 Å². The highest BCUT2D eigenvalue weighted by molar-refractivity contribution is 5.47. The third-order valence-electron chi connectivity index (χ3n) is 2.72. The van der Waals surface area contributed by atoms with Gasteiger partial charge in [0.1, 0.15) is 18.2 Å². The van der Waals surface area contributed by atoms with Crippen LogP contribution in [0.25, 0.3) is 0 Å². The van der Waals surface area contributed by atoms with E-state index >= 15 is 0 Å². The Morgan fingerprint density at radius 1 is 1.29 bits per heavy atom. The largest absolute Gasteiger partial charge is 0.377 e. The first kappa shape index (κ1) is 14.7. The molecule has 0 aliphatic carbocycles. The Kier molecular flexibility index (Phi) is 5.04. The lowest BCUT2D eigenvalue weighted by Gasteiger charge is -2.09. The Balaban J connectivity index is 2.11. The van der Waals surface area contributed by atoms with Crippen LogP contribution in [-0.4, -0.2) is 17.1 Å². The summed E-state index contributed by atoms with van der Waals surface area (Å²) < 4.78 is 5.02. The summed E-state index contributed by atoms with van der Waals surface area (Å²) in [5.74, 6) is 7.05. The Bertz CT molecular complexity index is 652. The Morgan fingerprint density at radius 2 is 2.10 bits per heavy atom. The van der Waals surface area contributed by atoms with E-state index in [4.69, 9.17) is 15.8 Å². The van der Waals surface area contributed by atoms with Gasteiger partial charge in [-0.2, -0.15) is 5.26 Å². The van der Waals surface area contributed by atoms with Crippen molar-refractivity contribution in [3.05, 3.63) is 47.3 Å². The van der Waals surface area contributed by atoms with Gasteiger partial charge in [-0.25, -0.2) is 15.8 Å². The zero-order valence-corrected chi connectivity index (χ0v) is 11.6. The molecule has 0 amide bonds. The molecule has 0 fully saturated rings. The zero-order chi connectivity index (χ0) is 15.1. The predicted molar refractivity (Wildman–Crippen MR) is 79.0 cm³/mol. The topological polar surface area (TPSA) is 109 Å². The van der Waals surface area contributed by atoms with Crippen molar-refractivity contribution >= 4 is 11.6 Å². The molecule has 108 valence electrons. The molecule has 1 heterocycles. The Morgan fingerprint density at radius 3 is 2.81 bits per heavy atom. The van der Waals surface area contributed by atoms with Crippen LogP contribution in [-0.2, 0) is 17.9 Å². The number of anilines is 2. The molecule has 0 unspecified atom stereocenters. The summed E-state index contributed by atoms with van der Waals surface area (Å²) in [6, 6.07) is 11.2. The quantitative estimate of drug-likeness (QED) is 0.543. The van der Waals surface area contributed by atoms with Crippen LogP contribution in [0, 0.1) is 11.3 Å². The fourth-order valence-electron chi connectivity index (χ4n) is 1.80. The second-order valence-corrected chi connectivity index (χ2v) is 4.30. The molecular weight excluding hydrogens is 268 g/mol. The van der Waals surface area contributed by atoms with Crippen molar-refractivity contribution in [2.45, 2.75) is 13.2 Å². The van der Waals surface area contributed by atoms with Gasteiger partial charge in [0.05, 0.1) is 11.6 Å². The molecule has 1 aromatic carbocycles. The lowest BCUT2D eigenvalue weighted by atomic mass is 10.1. The van der Waals surface area contributed by atoms with Crippen LogP contribution < -0.4 is 16.6 Å². The van der Waals surface area contributed by atoms with Gasteiger partial charge in [0.15, 0.2) is 5.82 Å². The van der Waals surface area contributed by atoms with Crippen LogP contribution in [0.15, 0.2) is 30.3 Å². The maximum atomic E-state index is 8.88. The van der Waals surface area contributed by atoms with Gasteiger partial charge >= 0.3 is 0 Å². The monoisotopic (exact) mass is 284 g/mol. The summed E-state index contributed by atoms with van der Waals surface area (Å²) in [6.45, 7) is 0.844. The normalized spacial score (nSPS) is 9.95. The van der Waals surface area contributed by atoms with E-state index in [-0.39, 0.29) is 0 Å². The third-order valence-corrected chi connectivity index (χ3v) is 2.72. The molecule has 0 atom stereocenters. The number of methoxy groups -OCH3 is 1. The molecule has 2 aromatic rings. The van der Waals surface area contributed by atoms with E-state index in [0.29, 0.717) is 36.2 Å². The van der Waals surface area contributed by atoms with Crippen LogP contribution in [0.4, 0.5) is 11.6 Å². The first-order chi connectivity index (χ1) is 10.2. The van der Waals surface area contributed by atoms with Gasteiger partial charge in [-0.15, -0.1) is 0 Å². The average molecular weight is 284 g/mol. The van der Waals surface area contributed by atoms with Gasteiger partial charge in [-0.3, -0.25) is 0 Å². The van der Waals surface area contributed by atoms with Crippen LogP contribution in [0.5, 0.6) is 0 Å². The predicted octanol–water partition coefficient (Wildman–Crippen LogP) is 1.39. The van der Waals surface area contributed by atoms with Crippen LogP contribution >= 0.6 is 0 Å². The Hall–Kier alpha value is -2.69. The molecule has 0 aliphatic rings. The number of nitrogen functional groups attached to an aromatic ring is 1. The molecule has 21 heavy (non-hydrogen) atoms. The highest BCUT2D eigenvalue weighted by atomic mass is 16.5. The van der Waals surface area contributed by atoms with Crippen molar-refractivity contribution < 1.29 is 4.74 Å². The number of hydrazine groups is 1. The molecule has 2 rings (SSSR count). The molecule has 7 heteroatoms. The number of hydrogen-bond donors (Lipinski definition) is 3. The molecular formula is C14H16N6O. The van der Waals surface area contributed by atoms with Crippen LogP contribution in [0.3, 0.4) is 0 Å². The van der Waals surface area contributed by atoms with Crippen molar-refractivity contribution in [1.82, 2.24) is 9.97 Å². The van der Waals surface area contributed by atoms with Gasteiger partial charge < -0.3 is 15.5 Å². The summed E-state index contributed by atoms with van der Waals surface area (Å²) in [5, 5.41) is 12.1. The van der Waals surface area contributed by atoms with Crippen molar-refractivity contribution in [2.24, 2.45) is 5.84 Å². The maximum Gasteiger partial charge on any atom is 0.158 e. The van der Waals surface area contributed by atoms with Crippen molar-refractivity contribution in [3.8, 4) is 6.07 Å². The molecule has 0 radical (unpaired) electrons. The summed E-state index contributed by atoms with van der Waals surface area (Å²) in [4.78, 5) is 8.49. The van der Waals surface area contributed by atoms with E-state index in [1.807, 2.05) is 18.2 Å². The second kappa shape index (κ2) is 7.19. The molecule has 0 spiro atoms. The Labute approximate surface area is 122 Å².